The second-order valence-corrected chi connectivity index (χ2v) is 6.44. The molecule has 1 amide bonds. The molecule has 0 radical (unpaired) electrons. The van der Waals surface area contributed by atoms with Gasteiger partial charge in [0.05, 0.1) is 22.9 Å². The number of anilines is 1. The summed E-state index contributed by atoms with van der Waals surface area (Å²) >= 11 is 0. The smallest absolute Gasteiger partial charge is 0.326 e. The van der Waals surface area contributed by atoms with Crippen LogP contribution in [0.2, 0.25) is 0 Å². The van der Waals surface area contributed by atoms with E-state index in [9.17, 15) is 18.0 Å². The molecule has 2 bridgehead atoms. The van der Waals surface area contributed by atoms with Crippen LogP contribution in [0, 0.1) is 0 Å². The van der Waals surface area contributed by atoms with Gasteiger partial charge in [-0.1, -0.05) is 0 Å². The minimum absolute atomic E-state index is 0.00820. The topological polar surface area (TPSA) is 103 Å². The fourth-order valence-electron chi connectivity index (χ4n) is 3.68. The zero-order chi connectivity index (χ0) is 19.2. The second-order valence-electron chi connectivity index (χ2n) is 6.44. The van der Waals surface area contributed by atoms with Crippen molar-refractivity contribution in [3.05, 3.63) is 47.5 Å². The van der Waals surface area contributed by atoms with Gasteiger partial charge in [-0.05, 0) is 18.6 Å². The molecule has 2 saturated heterocycles. The van der Waals surface area contributed by atoms with E-state index < -0.39 is 23.7 Å². The molecule has 0 aliphatic carbocycles. The first-order valence-corrected chi connectivity index (χ1v) is 8.20. The Morgan fingerprint density at radius 3 is 2.70 bits per heavy atom. The molecule has 3 atom stereocenters. The van der Waals surface area contributed by atoms with Gasteiger partial charge in [0, 0.05) is 37.2 Å². The lowest BCUT2D eigenvalue weighted by molar-refractivity contribution is -0.137. The number of nitrogens with zero attached hydrogens (tertiary/aromatic N) is 4. The molecule has 4 rings (SSSR count). The van der Waals surface area contributed by atoms with Crippen LogP contribution in [0.15, 0.2) is 30.7 Å². The Morgan fingerprint density at radius 1 is 1.30 bits per heavy atom. The first-order chi connectivity index (χ1) is 12.9. The van der Waals surface area contributed by atoms with Gasteiger partial charge < -0.3 is 10.2 Å². The average Bonchev–Trinajstić information content (AvgIpc) is 3.28. The van der Waals surface area contributed by atoms with Gasteiger partial charge in [-0.25, -0.2) is 15.4 Å². The third-order valence-corrected chi connectivity index (χ3v) is 4.86. The molecule has 0 aromatic carbocycles. The van der Waals surface area contributed by atoms with Crippen molar-refractivity contribution in [1.29, 1.82) is 0 Å². The van der Waals surface area contributed by atoms with Crippen LogP contribution in [0.5, 0.6) is 0 Å². The Kier molecular flexibility index (Phi) is 4.19. The number of hydrogen-bond donors (Lipinski definition) is 3. The molecule has 27 heavy (non-hydrogen) atoms. The van der Waals surface area contributed by atoms with Crippen molar-refractivity contribution in [3.8, 4) is 0 Å². The van der Waals surface area contributed by atoms with E-state index in [1.807, 2.05) is 4.90 Å². The normalized spacial score (nSPS) is 24.3. The van der Waals surface area contributed by atoms with Gasteiger partial charge in [0.2, 0.25) is 5.95 Å². The Balaban J connectivity index is 1.69. The number of rotatable bonds is 3. The Labute approximate surface area is 151 Å². The number of carbonyl (C=O) groups is 1. The summed E-state index contributed by atoms with van der Waals surface area (Å²) in [4.78, 5) is 25.7. The molecule has 2 aromatic rings. The van der Waals surface area contributed by atoms with E-state index in [1.54, 1.807) is 0 Å². The van der Waals surface area contributed by atoms with Gasteiger partial charge in [-0.3, -0.25) is 15.0 Å². The summed E-state index contributed by atoms with van der Waals surface area (Å²) in [6, 6.07) is 1.47. The molecule has 3 N–H and O–H groups in total. The third kappa shape index (κ3) is 3.08. The van der Waals surface area contributed by atoms with E-state index in [1.165, 1.54) is 17.9 Å². The lowest BCUT2D eigenvalue weighted by Crippen LogP contribution is -2.47. The Bertz CT molecular complexity index is 860. The lowest BCUT2D eigenvalue weighted by Gasteiger charge is -2.35. The Hall–Kier alpha value is -2.79. The molecule has 2 aromatic heterocycles. The molecule has 142 valence electrons. The fourth-order valence-corrected chi connectivity index (χ4v) is 3.68. The van der Waals surface area contributed by atoms with E-state index in [2.05, 4.69) is 20.3 Å². The van der Waals surface area contributed by atoms with Gasteiger partial charge >= 0.3 is 6.18 Å². The number of pyridine rings is 1. The van der Waals surface area contributed by atoms with Gasteiger partial charge in [0.25, 0.3) is 5.91 Å². The number of carbonyl (C=O) groups excluding carboxylic acids is 1. The molecule has 4 heterocycles. The number of aromatic nitrogens is 3. The van der Waals surface area contributed by atoms with E-state index in [4.69, 9.17) is 5.21 Å². The quantitative estimate of drug-likeness (QED) is 0.545. The highest BCUT2D eigenvalue weighted by Gasteiger charge is 2.48. The standard InChI is InChI=1S/C16H15F3N6O2/c17-16(18,19)9-1-2-20-11(3-9)13-12-4-10(7-21-12)25(13)15-22-5-8(6-23-15)14(26)24-27/h1-3,5-6,10,12-13,21,27H,4,7H2,(H,24,26). The number of halogens is 3. The summed E-state index contributed by atoms with van der Waals surface area (Å²) in [7, 11) is 0. The van der Waals surface area contributed by atoms with Crippen LogP contribution in [-0.4, -0.2) is 44.7 Å². The number of hydrogen-bond acceptors (Lipinski definition) is 7. The average molecular weight is 380 g/mol. The van der Waals surface area contributed by atoms with Gasteiger partial charge in [-0.15, -0.1) is 0 Å². The molecule has 2 fully saturated rings. The van der Waals surface area contributed by atoms with Crippen molar-refractivity contribution in [2.24, 2.45) is 0 Å². The molecular formula is C16H15F3N6O2. The largest absolute Gasteiger partial charge is 0.416 e. The van der Waals surface area contributed by atoms with Crippen LogP contribution in [-0.2, 0) is 6.18 Å². The zero-order valence-corrected chi connectivity index (χ0v) is 13.8. The van der Waals surface area contributed by atoms with Gasteiger partial charge in [0.15, 0.2) is 0 Å². The van der Waals surface area contributed by atoms with Crippen molar-refractivity contribution in [1.82, 2.24) is 25.7 Å². The molecule has 3 unspecified atom stereocenters. The maximum Gasteiger partial charge on any atom is 0.416 e. The number of hydroxylamine groups is 1. The number of fused-ring (bicyclic) bond motifs is 2. The van der Waals surface area contributed by atoms with Gasteiger partial charge in [0.1, 0.15) is 0 Å². The maximum absolute atomic E-state index is 13.1. The summed E-state index contributed by atoms with van der Waals surface area (Å²) in [6.45, 7) is 0.655. The number of piperazine rings is 1. The molecule has 0 saturated carbocycles. The predicted molar refractivity (Wildman–Crippen MR) is 85.9 cm³/mol. The van der Waals surface area contributed by atoms with Crippen molar-refractivity contribution in [3.63, 3.8) is 0 Å². The first-order valence-electron chi connectivity index (χ1n) is 8.20. The number of amides is 1. The fraction of sp³-hybridized carbons (Fsp3) is 0.375. The van der Waals surface area contributed by atoms with Crippen molar-refractivity contribution >= 4 is 11.9 Å². The zero-order valence-electron chi connectivity index (χ0n) is 13.8. The summed E-state index contributed by atoms with van der Waals surface area (Å²) in [6.07, 6.45) is -0.0695. The van der Waals surface area contributed by atoms with Crippen LogP contribution in [0.1, 0.15) is 34.1 Å². The first kappa shape index (κ1) is 17.6. The summed E-state index contributed by atoms with van der Waals surface area (Å²) < 4.78 is 39.2. The minimum Gasteiger partial charge on any atom is -0.326 e. The van der Waals surface area contributed by atoms with E-state index >= 15 is 0 Å². The van der Waals surface area contributed by atoms with Crippen LogP contribution in [0.4, 0.5) is 19.1 Å². The van der Waals surface area contributed by atoms with Crippen LogP contribution < -0.4 is 15.7 Å². The third-order valence-electron chi connectivity index (χ3n) is 4.86. The van der Waals surface area contributed by atoms with Gasteiger partial charge in [-0.2, -0.15) is 13.2 Å². The van der Waals surface area contributed by atoms with Crippen LogP contribution in [0.25, 0.3) is 0 Å². The van der Waals surface area contributed by atoms with E-state index in [0.29, 0.717) is 12.5 Å². The Morgan fingerprint density at radius 2 is 2.04 bits per heavy atom. The monoisotopic (exact) mass is 380 g/mol. The van der Waals surface area contributed by atoms with Crippen LogP contribution >= 0.6 is 0 Å². The molecule has 0 spiro atoms. The molecular weight excluding hydrogens is 365 g/mol. The summed E-state index contributed by atoms with van der Waals surface area (Å²) in [5.74, 6) is -0.454. The maximum atomic E-state index is 13.1. The van der Waals surface area contributed by atoms with Crippen molar-refractivity contribution in [2.45, 2.75) is 30.7 Å². The minimum atomic E-state index is -4.45. The lowest BCUT2D eigenvalue weighted by atomic mass is 10.0. The highest BCUT2D eigenvalue weighted by molar-refractivity contribution is 5.92. The molecule has 11 heteroatoms. The second kappa shape index (κ2) is 6.43. The number of nitrogens with one attached hydrogen (secondary N) is 2. The highest BCUT2D eigenvalue weighted by atomic mass is 19.4. The van der Waals surface area contributed by atoms with E-state index in [0.717, 1.165) is 24.8 Å². The van der Waals surface area contributed by atoms with Crippen LogP contribution in [0.3, 0.4) is 0 Å². The van der Waals surface area contributed by atoms with Crippen molar-refractivity contribution in [2.75, 3.05) is 11.4 Å². The predicted octanol–water partition coefficient (Wildman–Crippen LogP) is 1.30. The summed E-state index contributed by atoms with van der Waals surface area (Å²) in [5.41, 5.74) is 1.08. The SMILES string of the molecule is O=C(NO)c1cnc(N2C3CNC(C3)C2c2cc(C(F)(F)F)ccn2)nc1. The highest BCUT2D eigenvalue weighted by Crippen LogP contribution is 2.42. The summed E-state index contributed by atoms with van der Waals surface area (Å²) in [5, 5.41) is 11.9. The van der Waals surface area contributed by atoms with Crippen molar-refractivity contribution < 1.29 is 23.2 Å². The molecule has 2 aliphatic rings. The van der Waals surface area contributed by atoms with E-state index in [-0.39, 0.29) is 23.3 Å². The molecule has 8 nitrogen and oxygen atoms in total. The number of alkyl halides is 3. The molecule has 2 aliphatic heterocycles.